The maximum Gasteiger partial charge on any atom is 0.261 e. The number of hydrogen-bond acceptors (Lipinski definition) is 6. The summed E-state index contributed by atoms with van der Waals surface area (Å²) in [6, 6.07) is 13.2. The summed E-state index contributed by atoms with van der Waals surface area (Å²) in [6.45, 7) is 3.93. The van der Waals surface area contributed by atoms with E-state index in [1.54, 1.807) is 18.5 Å². The van der Waals surface area contributed by atoms with Gasteiger partial charge in [-0.2, -0.15) is 0 Å². The molecule has 3 rings (SSSR count). The van der Waals surface area contributed by atoms with Crippen molar-refractivity contribution in [3.8, 4) is 5.75 Å². The van der Waals surface area contributed by atoms with E-state index in [1.807, 2.05) is 24.3 Å². The SMILES string of the molecule is CCc1ccc(O[C@@H](C)C(=O)NCc2nnc(SCC(=O)Nc3ccc(F)cc3)n2C)cc1. The summed E-state index contributed by atoms with van der Waals surface area (Å²) in [5.74, 6) is 0.396. The second-order valence-corrected chi connectivity index (χ2v) is 8.22. The highest BCUT2D eigenvalue weighted by Gasteiger charge is 2.17. The van der Waals surface area contributed by atoms with Crippen LogP contribution in [0.15, 0.2) is 53.7 Å². The van der Waals surface area contributed by atoms with Gasteiger partial charge < -0.3 is 19.9 Å². The van der Waals surface area contributed by atoms with Gasteiger partial charge in [-0.25, -0.2) is 4.39 Å². The molecule has 1 atom stereocenters. The molecule has 0 radical (unpaired) electrons. The molecule has 33 heavy (non-hydrogen) atoms. The monoisotopic (exact) mass is 471 g/mol. The van der Waals surface area contributed by atoms with Gasteiger partial charge >= 0.3 is 0 Å². The Labute approximate surface area is 195 Å². The van der Waals surface area contributed by atoms with Crippen LogP contribution in [0.3, 0.4) is 0 Å². The van der Waals surface area contributed by atoms with E-state index in [1.165, 1.54) is 41.6 Å². The van der Waals surface area contributed by atoms with Crippen LogP contribution in [0.25, 0.3) is 0 Å². The van der Waals surface area contributed by atoms with Crippen molar-refractivity contribution >= 4 is 29.3 Å². The number of rotatable bonds is 10. The Hall–Kier alpha value is -3.40. The molecule has 0 saturated carbocycles. The van der Waals surface area contributed by atoms with E-state index in [2.05, 4.69) is 27.8 Å². The van der Waals surface area contributed by atoms with Gasteiger partial charge in [0.15, 0.2) is 17.1 Å². The number of halogens is 1. The largest absolute Gasteiger partial charge is 0.481 e. The molecular formula is C23H26FN5O3S. The van der Waals surface area contributed by atoms with Crippen molar-refractivity contribution in [3.63, 3.8) is 0 Å². The lowest BCUT2D eigenvalue weighted by molar-refractivity contribution is -0.127. The Morgan fingerprint density at radius 3 is 2.48 bits per heavy atom. The van der Waals surface area contributed by atoms with E-state index in [-0.39, 0.29) is 29.9 Å². The van der Waals surface area contributed by atoms with Crippen LogP contribution in [0.5, 0.6) is 5.75 Å². The van der Waals surface area contributed by atoms with Gasteiger partial charge in [0.05, 0.1) is 12.3 Å². The topological polar surface area (TPSA) is 98.1 Å². The minimum absolute atomic E-state index is 0.109. The molecule has 3 aromatic rings. The maximum atomic E-state index is 13.0. The zero-order valence-corrected chi connectivity index (χ0v) is 19.5. The number of aryl methyl sites for hydroxylation is 1. The van der Waals surface area contributed by atoms with Crippen molar-refractivity contribution in [2.75, 3.05) is 11.1 Å². The number of aromatic nitrogens is 3. The molecule has 174 valence electrons. The number of thioether (sulfide) groups is 1. The van der Waals surface area contributed by atoms with Crippen molar-refractivity contribution in [1.82, 2.24) is 20.1 Å². The lowest BCUT2D eigenvalue weighted by atomic mass is 10.2. The van der Waals surface area contributed by atoms with Crippen molar-refractivity contribution < 1.29 is 18.7 Å². The number of anilines is 1. The van der Waals surface area contributed by atoms with E-state index in [9.17, 15) is 14.0 Å². The third-order valence-electron chi connectivity index (χ3n) is 4.82. The van der Waals surface area contributed by atoms with E-state index < -0.39 is 6.10 Å². The van der Waals surface area contributed by atoms with Gasteiger partial charge in [0.1, 0.15) is 11.6 Å². The van der Waals surface area contributed by atoms with Gasteiger partial charge in [0.2, 0.25) is 5.91 Å². The summed E-state index contributed by atoms with van der Waals surface area (Å²) < 4.78 is 20.4. The molecule has 0 unspecified atom stereocenters. The fraction of sp³-hybridized carbons (Fsp3) is 0.304. The van der Waals surface area contributed by atoms with E-state index in [0.717, 1.165) is 6.42 Å². The molecular weight excluding hydrogens is 445 g/mol. The first-order valence-corrected chi connectivity index (χ1v) is 11.4. The van der Waals surface area contributed by atoms with Crippen LogP contribution in [-0.4, -0.2) is 38.4 Å². The van der Waals surface area contributed by atoms with Gasteiger partial charge in [-0.1, -0.05) is 30.8 Å². The average molecular weight is 472 g/mol. The quantitative estimate of drug-likeness (QED) is 0.440. The Kier molecular flexibility index (Phi) is 8.42. The van der Waals surface area contributed by atoms with Gasteiger partial charge in [-0.3, -0.25) is 9.59 Å². The molecule has 0 bridgehead atoms. The van der Waals surface area contributed by atoms with Crippen molar-refractivity contribution in [2.24, 2.45) is 7.05 Å². The smallest absolute Gasteiger partial charge is 0.261 e. The van der Waals surface area contributed by atoms with Gasteiger partial charge in [0, 0.05) is 12.7 Å². The van der Waals surface area contributed by atoms with Crippen LogP contribution in [0, 0.1) is 5.82 Å². The maximum absolute atomic E-state index is 13.0. The number of nitrogens with one attached hydrogen (secondary N) is 2. The number of benzene rings is 2. The molecule has 2 amide bonds. The summed E-state index contributed by atoms with van der Waals surface area (Å²) >= 11 is 1.21. The van der Waals surface area contributed by atoms with Crippen LogP contribution in [-0.2, 0) is 29.6 Å². The summed E-state index contributed by atoms with van der Waals surface area (Å²) in [6.07, 6.45) is 0.266. The molecule has 2 N–H and O–H groups in total. The molecule has 1 heterocycles. The van der Waals surface area contributed by atoms with Gasteiger partial charge in [-0.15, -0.1) is 10.2 Å². The summed E-state index contributed by atoms with van der Waals surface area (Å²) in [7, 11) is 1.76. The molecule has 0 spiro atoms. The predicted molar refractivity (Wildman–Crippen MR) is 125 cm³/mol. The van der Waals surface area contributed by atoms with Crippen LogP contribution >= 0.6 is 11.8 Å². The van der Waals surface area contributed by atoms with Crippen LogP contribution in [0.2, 0.25) is 0 Å². The lowest BCUT2D eigenvalue weighted by Gasteiger charge is -2.15. The minimum Gasteiger partial charge on any atom is -0.481 e. The first kappa shape index (κ1) is 24.2. The number of ether oxygens (including phenoxy) is 1. The molecule has 0 saturated heterocycles. The standard InChI is InChI=1S/C23H26FN5O3S/c1-4-16-5-11-19(12-6-16)32-15(2)22(31)25-13-20-27-28-23(29(20)3)33-14-21(30)26-18-9-7-17(24)8-10-18/h5-12,15H,4,13-14H2,1-3H3,(H,25,31)(H,26,30)/t15-/m0/s1. The molecule has 2 aromatic carbocycles. The third-order valence-corrected chi connectivity index (χ3v) is 5.84. The average Bonchev–Trinajstić information content (AvgIpc) is 3.17. The zero-order chi connectivity index (χ0) is 23.8. The Morgan fingerprint density at radius 1 is 1.12 bits per heavy atom. The third kappa shape index (κ3) is 7.04. The second kappa shape index (κ2) is 11.5. The lowest BCUT2D eigenvalue weighted by Crippen LogP contribution is -2.36. The molecule has 0 fully saturated rings. The van der Waals surface area contributed by atoms with Crippen molar-refractivity contribution in [1.29, 1.82) is 0 Å². The minimum atomic E-state index is -0.672. The number of carbonyl (C=O) groups excluding carboxylic acids is 2. The Morgan fingerprint density at radius 2 is 1.82 bits per heavy atom. The molecule has 0 aliphatic heterocycles. The number of amides is 2. The highest BCUT2D eigenvalue weighted by molar-refractivity contribution is 7.99. The summed E-state index contributed by atoms with van der Waals surface area (Å²) in [5, 5.41) is 14.2. The zero-order valence-electron chi connectivity index (χ0n) is 18.7. The second-order valence-electron chi connectivity index (χ2n) is 7.28. The van der Waals surface area contributed by atoms with Gasteiger partial charge in [0.25, 0.3) is 5.91 Å². The number of hydrogen-bond donors (Lipinski definition) is 2. The molecule has 1 aromatic heterocycles. The molecule has 10 heteroatoms. The fourth-order valence-electron chi connectivity index (χ4n) is 2.86. The summed E-state index contributed by atoms with van der Waals surface area (Å²) in [4.78, 5) is 24.5. The first-order chi connectivity index (χ1) is 15.9. The fourth-order valence-corrected chi connectivity index (χ4v) is 3.59. The molecule has 8 nitrogen and oxygen atoms in total. The van der Waals surface area contributed by atoms with E-state index in [0.29, 0.717) is 22.4 Å². The first-order valence-electron chi connectivity index (χ1n) is 10.5. The van der Waals surface area contributed by atoms with Crippen LogP contribution < -0.4 is 15.4 Å². The van der Waals surface area contributed by atoms with Crippen LogP contribution in [0.4, 0.5) is 10.1 Å². The van der Waals surface area contributed by atoms with E-state index in [4.69, 9.17) is 4.74 Å². The molecule has 0 aliphatic carbocycles. The number of carbonyl (C=O) groups is 2. The van der Waals surface area contributed by atoms with Crippen LogP contribution in [0.1, 0.15) is 25.2 Å². The van der Waals surface area contributed by atoms with Crippen molar-refractivity contribution in [3.05, 3.63) is 65.7 Å². The van der Waals surface area contributed by atoms with Crippen molar-refractivity contribution in [2.45, 2.75) is 38.1 Å². The van der Waals surface area contributed by atoms with E-state index >= 15 is 0 Å². The summed E-state index contributed by atoms with van der Waals surface area (Å²) in [5.41, 5.74) is 1.71. The Balaban J connectivity index is 1.46. The normalized spacial score (nSPS) is 11.6. The van der Waals surface area contributed by atoms with Gasteiger partial charge in [-0.05, 0) is 55.3 Å². The molecule has 0 aliphatic rings. The predicted octanol–water partition coefficient (Wildman–Crippen LogP) is 3.33. The Bertz CT molecular complexity index is 1090. The number of nitrogens with zero attached hydrogens (tertiary/aromatic N) is 3. The highest BCUT2D eigenvalue weighted by Crippen LogP contribution is 2.17. The highest BCUT2D eigenvalue weighted by atomic mass is 32.2.